The van der Waals surface area contributed by atoms with Crippen molar-refractivity contribution in [3.8, 4) is 0 Å². The lowest BCUT2D eigenvalue weighted by Crippen LogP contribution is -2.25. The molecule has 3 heteroatoms. The molecule has 0 heterocycles. The summed E-state index contributed by atoms with van der Waals surface area (Å²) in [6.07, 6.45) is 0.526. The van der Waals surface area contributed by atoms with E-state index in [9.17, 15) is 0 Å². The summed E-state index contributed by atoms with van der Waals surface area (Å²) in [5.74, 6) is 0. The molecule has 1 rings (SSSR count). The number of nitrogens with one attached hydrogen (secondary N) is 1. The first-order chi connectivity index (χ1) is 5.77. The molecule has 0 spiro atoms. The van der Waals surface area contributed by atoms with Crippen LogP contribution in [0.5, 0.6) is 0 Å². The summed E-state index contributed by atoms with van der Waals surface area (Å²) in [6, 6.07) is 7.83. The van der Waals surface area contributed by atoms with Crippen LogP contribution in [0.1, 0.15) is 24.2 Å². The number of aryl methyl sites for hydroxylation is 1. The van der Waals surface area contributed by atoms with Crippen LogP contribution in [0.3, 0.4) is 0 Å². The second-order valence-electron chi connectivity index (χ2n) is 2.70. The van der Waals surface area contributed by atoms with Crippen molar-refractivity contribution < 1.29 is 5.21 Å². The normalized spacial score (nSPS) is 12.9. The maximum absolute atomic E-state index is 8.54. The Kier molecular flexibility index (Phi) is 3.22. The van der Waals surface area contributed by atoms with Crippen molar-refractivity contribution in [3.63, 3.8) is 0 Å². The third-order valence-corrected chi connectivity index (χ3v) is 1.89. The van der Waals surface area contributed by atoms with Gasteiger partial charge < -0.3 is 10.9 Å². The quantitative estimate of drug-likeness (QED) is 0.467. The van der Waals surface area contributed by atoms with Crippen LogP contribution in [-0.2, 0) is 6.42 Å². The number of hydrogen-bond donors (Lipinski definition) is 3. The number of nitrogens with two attached hydrogens (primary N) is 1. The highest BCUT2D eigenvalue weighted by Gasteiger charge is 2.01. The predicted molar refractivity (Wildman–Crippen MR) is 47.7 cm³/mol. The fourth-order valence-corrected chi connectivity index (χ4v) is 1.04. The van der Waals surface area contributed by atoms with Gasteiger partial charge in [-0.3, -0.25) is 0 Å². The van der Waals surface area contributed by atoms with Crippen LogP contribution >= 0.6 is 0 Å². The van der Waals surface area contributed by atoms with Crippen molar-refractivity contribution in [1.29, 1.82) is 0 Å². The van der Waals surface area contributed by atoms with Crippen molar-refractivity contribution in [2.75, 3.05) is 0 Å². The maximum Gasteiger partial charge on any atom is 0.104 e. The van der Waals surface area contributed by atoms with Crippen molar-refractivity contribution >= 4 is 0 Å². The first kappa shape index (κ1) is 9.19. The molecule has 12 heavy (non-hydrogen) atoms. The van der Waals surface area contributed by atoms with Gasteiger partial charge >= 0.3 is 0 Å². The molecule has 1 aromatic rings. The first-order valence-corrected chi connectivity index (χ1v) is 4.02. The summed E-state index contributed by atoms with van der Waals surface area (Å²) in [5, 5.41) is 8.54. The molecule has 0 saturated heterocycles. The SMILES string of the molecule is CCc1ccc(C(N)NO)cc1. The molecule has 0 aromatic heterocycles. The third-order valence-electron chi connectivity index (χ3n) is 1.89. The Morgan fingerprint density at radius 3 is 2.42 bits per heavy atom. The van der Waals surface area contributed by atoms with Crippen LogP contribution in [0.15, 0.2) is 24.3 Å². The Labute approximate surface area is 72.2 Å². The van der Waals surface area contributed by atoms with E-state index in [0.29, 0.717) is 0 Å². The summed E-state index contributed by atoms with van der Waals surface area (Å²) in [5.41, 5.74) is 9.67. The predicted octanol–water partition coefficient (Wildman–Crippen LogP) is 1.19. The second-order valence-corrected chi connectivity index (χ2v) is 2.70. The number of hydroxylamine groups is 1. The summed E-state index contributed by atoms with van der Waals surface area (Å²) >= 11 is 0. The lowest BCUT2D eigenvalue weighted by atomic mass is 10.1. The lowest BCUT2D eigenvalue weighted by molar-refractivity contribution is 0.128. The fraction of sp³-hybridized carbons (Fsp3) is 0.333. The zero-order chi connectivity index (χ0) is 8.97. The van der Waals surface area contributed by atoms with Crippen LogP contribution in [0.2, 0.25) is 0 Å². The topological polar surface area (TPSA) is 58.3 Å². The molecule has 0 saturated carbocycles. The Morgan fingerprint density at radius 1 is 1.42 bits per heavy atom. The van der Waals surface area contributed by atoms with E-state index in [2.05, 4.69) is 6.92 Å². The van der Waals surface area contributed by atoms with Gasteiger partial charge in [-0.25, -0.2) is 0 Å². The summed E-state index contributed by atoms with van der Waals surface area (Å²) in [6.45, 7) is 2.10. The smallest absolute Gasteiger partial charge is 0.104 e. The fourth-order valence-electron chi connectivity index (χ4n) is 1.04. The van der Waals surface area contributed by atoms with E-state index in [0.717, 1.165) is 12.0 Å². The summed E-state index contributed by atoms with van der Waals surface area (Å²) < 4.78 is 0. The van der Waals surface area contributed by atoms with Crippen LogP contribution in [-0.4, -0.2) is 5.21 Å². The second kappa shape index (κ2) is 4.21. The molecular weight excluding hydrogens is 152 g/mol. The van der Waals surface area contributed by atoms with Crippen molar-refractivity contribution in [2.24, 2.45) is 5.73 Å². The Hall–Kier alpha value is -0.900. The lowest BCUT2D eigenvalue weighted by Gasteiger charge is -2.09. The molecule has 0 fully saturated rings. The van der Waals surface area contributed by atoms with E-state index in [1.807, 2.05) is 29.7 Å². The Bertz CT molecular complexity index is 233. The van der Waals surface area contributed by atoms with Crippen LogP contribution < -0.4 is 11.2 Å². The van der Waals surface area contributed by atoms with Gasteiger partial charge in [-0.1, -0.05) is 31.2 Å². The van der Waals surface area contributed by atoms with Gasteiger partial charge in [0.25, 0.3) is 0 Å². The van der Waals surface area contributed by atoms with Crippen molar-refractivity contribution in [3.05, 3.63) is 35.4 Å². The van der Waals surface area contributed by atoms with Gasteiger partial charge in [-0.2, -0.15) is 5.48 Å². The average Bonchev–Trinajstić information content (AvgIpc) is 2.17. The minimum Gasteiger partial charge on any atom is -0.315 e. The zero-order valence-electron chi connectivity index (χ0n) is 7.12. The minimum atomic E-state index is -0.490. The molecule has 0 radical (unpaired) electrons. The monoisotopic (exact) mass is 166 g/mol. The third kappa shape index (κ3) is 2.04. The standard InChI is InChI=1S/C9H14N2O/c1-2-7-3-5-8(6-4-7)9(10)11-12/h3-6,9,11-12H,2,10H2,1H3. The van der Waals surface area contributed by atoms with E-state index in [1.54, 1.807) is 0 Å². The molecule has 0 aliphatic heterocycles. The van der Waals surface area contributed by atoms with Gasteiger partial charge in [0, 0.05) is 0 Å². The van der Waals surface area contributed by atoms with Crippen LogP contribution in [0.4, 0.5) is 0 Å². The number of hydrogen-bond acceptors (Lipinski definition) is 3. The molecule has 1 aromatic carbocycles. The van der Waals surface area contributed by atoms with E-state index in [-0.39, 0.29) is 0 Å². The van der Waals surface area contributed by atoms with E-state index in [4.69, 9.17) is 10.9 Å². The van der Waals surface area contributed by atoms with E-state index in [1.165, 1.54) is 5.56 Å². The van der Waals surface area contributed by atoms with Gasteiger partial charge in [0.15, 0.2) is 0 Å². The largest absolute Gasteiger partial charge is 0.315 e. The number of benzene rings is 1. The van der Waals surface area contributed by atoms with Gasteiger partial charge in [-0.05, 0) is 17.5 Å². The summed E-state index contributed by atoms with van der Waals surface area (Å²) in [7, 11) is 0. The van der Waals surface area contributed by atoms with Gasteiger partial charge in [-0.15, -0.1) is 0 Å². The molecular formula is C9H14N2O. The average molecular weight is 166 g/mol. The molecule has 66 valence electrons. The highest BCUT2D eigenvalue weighted by molar-refractivity contribution is 5.24. The molecule has 0 aliphatic carbocycles. The molecule has 0 bridgehead atoms. The van der Waals surface area contributed by atoms with Gasteiger partial charge in [0.2, 0.25) is 0 Å². The van der Waals surface area contributed by atoms with E-state index >= 15 is 0 Å². The van der Waals surface area contributed by atoms with Crippen LogP contribution in [0.25, 0.3) is 0 Å². The highest BCUT2D eigenvalue weighted by Crippen LogP contribution is 2.09. The van der Waals surface area contributed by atoms with Crippen LogP contribution in [0, 0.1) is 0 Å². The first-order valence-electron chi connectivity index (χ1n) is 4.02. The molecule has 4 N–H and O–H groups in total. The maximum atomic E-state index is 8.54. The molecule has 0 amide bonds. The minimum absolute atomic E-state index is 0.490. The molecule has 1 atom stereocenters. The highest BCUT2D eigenvalue weighted by atomic mass is 16.5. The van der Waals surface area contributed by atoms with Crippen molar-refractivity contribution in [1.82, 2.24) is 5.48 Å². The molecule has 1 unspecified atom stereocenters. The van der Waals surface area contributed by atoms with E-state index < -0.39 is 6.17 Å². The van der Waals surface area contributed by atoms with Crippen molar-refractivity contribution in [2.45, 2.75) is 19.5 Å². The zero-order valence-corrected chi connectivity index (χ0v) is 7.12. The van der Waals surface area contributed by atoms with Gasteiger partial charge in [0.05, 0.1) is 0 Å². The summed E-state index contributed by atoms with van der Waals surface area (Å²) in [4.78, 5) is 0. The number of rotatable bonds is 3. The Morgan fingerprint density at radius 2 is 2.00 bits per heavy atom. The Balaban J connectivity index is 2.77. The van der Waals surface area contributed by atoms with Gasteiger partial charge in [0.1, 0.15) is 6.17 Å². The molecule has 0 aliphatic rings. The molecule has 3 nitrogen and oxygen atoms in total.